The van der Waals surface area contributed by atoms with Crippen molar-refractivity contribution in [1.29, 1.82) is 0 Å². The van der Waals surface area contributed by atoms with Crippen molar-refractivity contribution < 1.29 is 18.9 Å². The van der Waals surface area contributed by atoms with Crippen molar-refractivity contribution in [1.82, 2.24) is 0 Å². The monoisotopic (exact) mass is 509 g/mol. The zero-order valence-electron chi connectivity index (χ0n) is 21.1. The molecule has 1 aromatic heterocycles. The number of nitro groups is 1. The zero-order chi connectivity index (χ0) is 26.8. The third-order valence-electron chi connectivity index (χ3n) is 6.88. The summed E-state index contributed by atoms with van der Waals surface area (Å²) in [7, 11) is 0. The number of amides is 2. The number of fused-ring (bicyclic) bond motifs is 1. The molecule has 0 spiro atoms. The minimum atomic E-state index is -0.462. The van der Waals surface area contributed by atoms with E-state index in [-0.39, 0.29) is 35.3 Å². The van der Waals surface area contributed by atoms with Gasteiger partial charge in [-0.05, 0) is 61.4 Å². The first-order valence-electron chi connectivity index (χ1n) is 12.5. The molecule has 0 fully saturated rings. The Balaban J connectivity index is 1.48. The lowest BCUT2D eigenvalue weighted by Gasteiger charge is -2.43. The molecule has 0 saturated carbocycles. The van der Waals surface area contributed by atoms with Crippen molar-refractivity contribution in [3.63, 3.8) is 0 Å². The number of para-hydroxylation sites is 2. The van der Waals surface area contributed by atoms with Gasteiger partial charge in [-0.25, -0.2) is 0 Å². The molecule has 2 amide bonds. The maximum absolute atomic E-state index is 13.8. The number of nitrogens with zero attached hydrogens (tertiary/aromatic N) is 3. The molecule has 5 rings (SSSR count). The maximum Gasteiger partial charge on any atom is 0.294 e. The van der Waals surface area contributed by atoms with E-state index in [0.29, 0.717) is 24.2 Å². The summed E-state index contributed by atoms with van der Waals surface area (Å²) in [5, 5.41) is 11.0. The van der Waals surface area contributed by atoms with Gasteiger partial charge in [0.2, 0.25) is 5.91 Å². The second-order valence-corrected chi connectivity index (χ2v) is 9.26. The van der Waals surface area contributed by atoms with Crippen LogP contribution in [0.3, 0.4) is 0 Å². The fourth-order valence-electron chi connectivity index (χ4n) is 5.07. The lowest BCUT2D eigenvalue weighted by Crippen LogP contribution is -2.47. The molecule has 2 atom stereocenters. The first-order valence-corrected chi connectivity index (χ1v) is 12.5. The molecule has 1 aliphatic heterocycles. The van der Waals surface area contributed by atoms with Crippen LogP contribution in [0.4, 0.5) is 17.1 Å². The quantitative estimate of drug-likeness (QED) is 0.211. The molecular weight excluding hydrogens is 482 g/mol. The van der Waals surface area contributed by atoms with Crippen LogP contribution in [0.15, 0.2) is 95.4 Å². The number of anilines is 2. The normalized spacial score (nSPS) is 16.5. The van der Waals surface area contributed by atoms with Gasteiger partial charge in [0.1, 0.15) is 5.76 Å². The van der Waals surface area contributed by atoms with Gasteiger partial charge in [0.25, 0.3) is 11.6 Å². The second-order valence-electron chi connectivity index (χ2n) is 9.26. The number of furan rings is 1. The topological polar surface area (TPSA) is 96.9 Å². The van der Waals surface area contributed by atoms with E-state index in [1.807, 2.05) is 73.3 Å². The molecule has 0 bridgehead atoms. The van der Waals surface area contributed by atoms with Crippen LogP contribution in [0, 0.1) is 10.1 Å². The van der Waals surface area contributed by atoms with Crippen LogP contribution in [0.2, 0.25) is 0 Å². The van der Waals surface area contributed by atoms with Crippen LogP contribution in [0.25, 0.3) is 11.3 Å². The predicted octanol–water partition coefficient (Wildman–Crippen LogP) is 6.78. The number of non-ortho nitro benzene ring substituents is 1. The molecule has 0 aliphatic carbocycles. The third kappa shape index (κ3) is 4.56. The Morgan fingerprint density at radius 3 is 2.34 bits per heavy atom. The van der Waals surface area contributed by atoms with E-state index in [1.54, 1.807) is 29.2 Å². The molecule has 8 heteroatoms. The molecule has 2 heterocycles. The highest BCUT2D eigenvalue weighted by Crippen LogP contribution is 2.43. The molecule has 38 heavy (non-hydrogen) atoms. The molecule has 3 aromatic carbocycles. The van der Waals surface area contributed by atoms with Crippen molar-refractivity contribution in [2.24, 2.45) is 0 Å². The Bertz CT molecular complexity index is 1480. The van der Waals surface area contributed by atoms with Crippen LogP contribution in [0.1, 0.15) is 48.8 Å². The van der Waals surface area contributed by atoms with Gasteiger partial charge in [-0.2, -0.15) is 0 Å². The van der Waals surface area contributed by atoms with Crippen molar-refractivity contribution in [2.45, 2.75) is 38.8 Å². The van der Waals surface area contributed by atoms with E-state index in [1.165, 1.54) is 12.1 Å². The summed E-state index contributed by atoms with van der Waals surface area (Å²) >= 11 is 0. The number of hydrogen-bond donors (Lipinski definition) is 0. The lowest BCUT2D eigenvalue weighted by molar-refractivity contribution is -0.384. The van der Waals surface area contributed by atoms with Crippen LogP contribution in [-0.4, -0.2) is 22.8 Å². The van der Waals surface area contributed by atoms with Crippen molar-refractivity contribution >= 4 is 28.9 Å². The highest BCUT2D eigenvalue weighted by molar-refractivity contribution is 6.06. The summed E-state index contributed by atoms with van der Waals surface area (Å²) in [6.45, 7) is 3.83. The van der Waals surface area contributed by atoms with E-state index >= 15 is 0 Å². The summed E-state index contributed by atoms with van der Waals surface area (Å²) in [6, 6.07) is 26.1. The van der Waals surface area contributed by atoms with Gasteiger partial charge in [-0.3, -0.25) is 19.7 Å². The molecule has 1 aliphatic rings. The highest BCUT2D eigenvalue weighted by atomic mass is 16.6. The first-order chi connectivity index (χ1) is 18.4. The molecular formula is C30H27N3O5. The van der Waals surface area contributed by atoms with E-state index in [4.69, 9.17) is 4.42 Å². The summed E-state index contributed by atoms with van der Waals surface area (Å²) in [5.41, 5.74) is 3.07. The highest BCUT2D eigenvalue weighted by Gasteiger charge is 2.39. The largest absolute Gasteiger partial charge is 0.451 e. The van der Waals surface area contributed by atoms with Crippen LogP contribution in [-0.2, 0) is 4.79 Å². The second kappa shape index (κ2) is 10.3. The minimum absolute atomic E-state index is 0.0155. The van der Waals surface area contributed by atoms with Gasteiger partial charge in [0.15, 0.2) is 5.76 Å². The van der Waals surface area contributed by atoms with Gasteiger partial charge >= 0.3 is 0 Å². The zero-order valence-corrected chi connectivity index (χ0v) is 21.1. The number of carbonyl (C=O) groups excluding carboxylic acids is 2. The molecule has 192 valence electrons. The van der Waals surface area contributed by atoms with E-state index in [9.17, 15) is 19.7 Å². The summed E-state index contributed by atoms with van der Waals surface area (Å²) in [6.07, 6.45) is 0.918. The standard InChI is InChI=1S/C30H27N3O5/c1-3-29(34)32(22-9-5-4-6-10-22)26-19-20(2)31(25-12-8-7-11-24(25)26)30(35)28-18-17-27(38-28)21-13-15-23(16-14-21)33(36)37/h4-18,20,26H,3,19H2,1-2H3/t20-,26+/m0/s1. The molecule has 0 radical (unpaired) electrons. The van der Waals surface area contributed by atoms with Gasteiger partial charge in [-0.1, -0.05) is 43.3 Å². The van der Waals surface area contributed by atoms with Crippen molar-refractivity contribution in [3.8, 4) is 11.3 Å². The number of hydrogen-bond acceptors (Lipinski definition) is 5. The van der Waals surface area contributed by atoms with Crippen molar-refractivity contribution in [2.75, 3.05) is 9.80 Å². The Morgan fingerprint density at radius 2 is 1.66 bits per heavy atom. The van der Waals surface area contributed by atoms with Crippen molar-refractivity contribution in [3.05, 3.63) is 112 Å². The predicted molar refractivity (Wildman–Crippen MR) is 145 cm³/mol. The van der Waals surface area contributed by atoms with E-state index in [2.05, 4.69) is 0 Å². The van der Waals surface area contributed by atoms with Crippen LogP contribution < -0.4 is 9.80 Å². The third-order valence-corrected chi connectivity index (χ3v) is 6.88. The summed E-state index contributed by atoms with van der Waals surface area (Å²) < 4.78 is 5.92. The van der Waals surface area contributed by atoms with Gasteiger partial charge in [0.05, 0.1) is 11.0 Å². The molecule has 8 nitrogen and oxygen atoms in total. The maximum atomic E-state index is 13.8. The van der Waals surface area contributed by atoms with Gasteiger partial charge in [-0.15, -0.1) is 0 Å². The smallest absolute Gasteiger partial charge is 0.294 e. The Labute approximate surface area is 220 Å². The lowest BCUT2D eigenvalue weighted by atomic mass is 9.89. The Kier molecular flexibility index (Phi) is 6.79. The molecule has 0 unspecified atom stereocenters. The summed E-state index contributed by atoms with van der Waals surface area (Å²) in [5.74, 6) is 0.345. The van der Waals surface area contributed by atoms with Gasteiger partial charge < -0.3 is 14.2 Å². The molecule has 0 N–H and O–H groups in total. The first kappa shape index (κ1) is 25.0. The minimum Gasteiger partial charge on any atom is -0.451 e. The van der Waals surface area contributed by atoms with E-state index < -0.39 is 4.92 Å². The van der Waals surface area contributed by atoms with Crippen LogP contribution in [0.5, 0.6) is 0 Å². The fraction of sp³-hybridized carbons (Fsp3) is 0.200. The van der Waals surface area contributed by atoms with Gasteiger partial charge in [0, 0.05) is 41.5 Å². The number of benzene rings is 3. The SMILES string of the molecule is CCC(=O)N(c1ccccc1)[C@@H]1C[C@H](C)N(C(=O)c2ccc(-c3ccc([N+](=O)[O-])cc3)o2)c2ccccc21. The Hall–Kier alpha value is -4.72. The molecule has 4 aromatic rings. The number of rotatable bonds is 6. The Morgan fingerprint density at radius 1 is 0.974 bits per heavy atom. The fourth-order valence-corrected chi connectivity index (χ4v) is 5.07. The average Bonchev–Trinajstić information content (AvgIpc) is 3.44. The number of nitro benzene ring substituents is 1. The number of carbonyl (C=O) groups is 2. The average molecular weight is 510 g/mol. The van der Waals surface area contributed by atoms with E-state index in [0.717, 1.165) is 16.9 Å². The molecule has 0 saturated heterocycles. The van der Waals surface area contributed by atoms with Crippen LogP contribution >= 0.6 is 0 Å². The summed E-state index contributed by atoms with van der Waals surface area (Å²) in [4.78, 5) is 41.0.